The zero-order chi connectivity index (χ0) is 7.11. The summed E-state index contributed by atoms with van der Waals surface area (Å²) in [6, 6.07) is 0. The predicted molar refractivity (Wildman–Crippen MR) is 43.4 cm³/mol. The highest BCUT2D eigenvalue weighted by molar-refractivity contribution is 5.16. The molecule has 0 spiro atoms. The molecule has 9 heavy (non-hydrogen) atoms. The van der Waals surface area contributed by atoms with Gasteiger partial charge < -0.3 is 0 Å². The molecule has 0 aromatic rings. The quantitative estimate of drug-likeness (QED) is 0.504. The van der Waals surface area contributed by atoms with Crippen molar-refractivity contribution in [2.45, 2.75) is 20.3 Å². The van der Waals surface area contributed by atoms with Gasteiger partial charge in [0, 0.05) is 0 Å². The minimum absolute atomic E-state index is 1.09. The first kappa shape index (κ1) is 8.22. The molecule has 0 rings (SSSR count). The highest BCUT2D eigenvalue weighted by Gasteiger charge is 1.68. The van der Waals surface area contributed by atoms with Crippen LogP contribution in [0, 0.1) is 0 Å². The van der Waals surface area contributed by atoms with Crippen LogP contribution in [0.5, 0.6) is 0 Å². The maximum absolute atomic E-state index is 3.73. The first-order chi connectivity index (χ1) is 4.27. The predicted octanol–water partition coefficient (Wildman–Crippen LogP) is 3.08. The second-order valence-electron chi connectivity index (χ2n) is 2.04. The molecule has 0 fully saturated rings. The van der Waals surface area contributed by atoms with Crippen molar-refractivity contribution in [1.82, 2.24) is 0 Å². The van der Waals surface area contributed by atoms with Crippen molar-refractivity contribution in [3.05, 3.63) is 36.5 Å². The zero-order valence-corrected chi connectivity index (χ0v) is 6.22. The summed E-state index contributed by atoms with van der Waals surface area (Å²) in [5.74, 6) is 0. The third kappa shape index (κ3) is 7.22. The minimum atomic E-state index is 1.09. The lowest BCUT2D eigenvalue weighted by molar-refractivity contribution is 1.22. The molecule has 0 amide bonds. The van der Waals surface area contributed by atoms with Crippen LogP contribution in [-0.2, 0) is 0 Å². The number of allylic oxidation sites excluding steroid dienone is 5. The molecule has 0 N–H and O–H groups in total. The van der Waals surface area contributed by atoms with Crippen molar-refractivity contribution in [3.63, 3.8) is 0 Å². The monoisotopic (exact) mass is 122 g/mol. The molecule has 0 heteroatoms. The Balaban J connectivity index is 3.47. The van der Waals surface area contributed by atoms with Gasteiger partial charge in [-0.2, -0.15) is 0 Å². The van der Waals surface area contributed by atoms with Gasteiger partial charge >= 0.3 is 0 Å². The van der Waals surface area contributed by atoms with Crippen molar-refractivity contribution in [1.29, 1.82) is 0 Å². The molecule has 0 bridgehead atoms. The van der Waals surface area contributed by atoms with Crippen LogP contribution < -0.4 is 0 Å². The summed E-state index contributed by atoms with van der Waals surface area (Å²) < 4.78 is 0. The molecule has 0 atom stereocenters. The Morgan fingerprint density at radius 3 is 2.56 bits per heavy atom. The third-order valence-electron chi connectivity index (χ3n) is 0.864. The Bertz CT molecular complexity index is 127. The first-order valence-electron chi connectivity index (χ1n) is 3.26. The van der Waals surface area contributed by atoms with Crippen LogP contribution >= 0.6 is 0 Å². The van der Waals surface area contributed by atoms with Crippen LogP contribution in [0.2, 0.25) is 0 Å². The summed E-state index contributed by atoms with van der Waals surface area (Å²) in [5, 5.41) is 0. The maximum Gasteiger partial charge on any atom is -0.0376 e. The van der Waals surface area contributed by atoms with E-state index in [1.54, 1.807) is 0 Å². The SMILES string of the molecule is C=C(C)/C=C/C=C/CC. The van der Waals surface area contributed by atoms with Gasteiger partial charge in [0.1, 0.15) is 0 Å². The summed E-state index contributed by atoms with van der Waals surface area (Å²) in [7, 11) is 0. The van der Waals surface area contributed by atoms with Crippen molar-refractivity contribution >= 4 is 0 Å². The summed E-state index contributed by atoms with van der Waals surface area (Å²) in [6.45, 7) is 7.83. The maximum atomic E-state index is 3.73. The van der Waals surface area contributed by atoms with Gasteiger partial charge in [-0.15, -0.1) is 0 Å². The highest BCUT2D eigenvalue weighted by Crippen LogP contribution is 1.89. The molecule has 0 aliphatic heterocycles. The fraction of sp³-hybridized carbons (Fsp3) is 0.333. The van der Waals surface area contributed by atoms with Gasteiger partial charge in [-0.3, -0.25) is 0 Å². The standard InChI is InChI=1S/C9H14/c1-4-5-6-7-8-9(2)3/h5-8H,2,4H2,1,3H3/b6-5+,8-7+. The van der Waals surface area contributed by atoms with Crippen LogP contribution in [0.4, 0.5) is 0 Å². The lowest BCUT2D eigenvalue weighted by atomic mass is 10.3. The fourth-order valence-electron chi connectivity index (χ4n) is 0.434. The molecular formula is C9H14. The lowest BCUT2D eigenvalue weighted by Crippen LogP contribution is -1.58. The molecular weight excluding hydrogens is 108 g/mol. The highest BCUT2D eigenvalue weighted by atomic mass is 13.7. The summed E-state index contributed by atoms with van der Waals surface area (Å²) in [6.07, 6.45) is 9.24. The molecule has 0 saturated carbocycles. The molecule has 0 aliphatic rings. The molecule has 0 heterocycles. The number of hydrogen-bond acceptors (Lipinski definition) is 0. The van der Waals surface area contributed by atoms with Gasteiger partial charge in [0.15, 0.2) is 0 Å². The third-order valence-corrected chi connectivity index (χ3v) is 0.864. The van der Waals surface area contributed by atoms with Gasteiger partial charge in [-0.1, -0.05) is 43.4 Å². The Labute approximate surface area is 57.6 Å². The molecule has 0 radical (unpaired) electrons. The number of hydrogen-bond donors (Lipinski definition) is 0. The van der Waals surface area contributed by atoms with Crippen LogP contribution in [0.15, 0.2) is 36.5 Å². The topological polar surface area (TPSA) is 0 Å². The molecule has 0 aliphatic carbocycles. The van der Waals surface area contributed by atoms with E-state index in [1.807, 2.05) is 25.2 Å². The van der Waals surface area contributed by atoms with Crippen molar-refractivity contribution in [3.8, 4) is 0 Å². The van der Waals surface area contributed by atoms with E-state index in [2.05, 4.69) is 19.6 Å². The second kappa shape index (κ2) is 5.36. The van der Waals surface area contributed by atoms with Crippen LogP contribution in [0.3, 0.4) is 0 Å². The van der Waals surface area contributed by atoms with E-state index < -0.39 is 0 Å². The number of rotatable bonds is 3. The summed E-state index contributed by atoms with van der Waals surface area (Å²) in [4.78, 5) is 0. The lowest BCUT2D eigenvalue weighted by Gasteiger charge is -1.79. The Kier molecular flexibility index (Phi) is 4.89. The van der Waals surface area contributed by atoms with Crippen LogP contribution in [0.25, 0.3) is 0 Å². The molecule has 0 saturated heterocycles. The van der Waals surface area contributed by atoms with Gasteiger partial charge in [0.2, 0.25) is 0 Å². The molecule has 0 aromatic carbocycles. The van der Waals surface area contributed by atoms with E-state index in [-0.39, 0.29) is 0 Å². The van der Waals surface area contributed by atoms with E-state index in [0.717, 1.165) is 12.0 Å². The van der Waals surface area contributed by atoms with E-state index in [9.17, 15) is 0 Å². The van der Waals surface area contributed by atoms with Gasteiger partial charge in [-0.05, 0) is 13.3 Å². The minimum Gasteiger partial charge on any atom is -0.0961 e. The average molecular weight is 122 g/mol. The molecule has 0 aromatic heterocycles. The van der Waals surface area contributed by atoms with E-state index >= 15 is 0 Å². The van der Waals surface area contributed by atoms with E-state index in [0.29, 0.717) is 0 Å². The molecule has 0 nitrogen and oxygen atoms in total. The normalized spacial score (nSPS) is 11.3. The smallest absolute Gasteiger partial charge is 0.0376 e. The van der Waals surface area contributed by atoms with Crippen molar-refractivity contribution in [2.75, 3.05) is 0 Å². The van der Waals surface area contributed by atoms with E-state index in [4.69, 9.17) is 0 Å². The summed E-state index contributed by atoms with van der Waals surface area (Å²) >= 11 is 0. The van der Waals surface area contributed by atoms with Crippen molar-refractivity contribution in [2.24, 2.45) is 0 Å². The second-order valence-corrected chi connectivity index (χ2v) is 2.04. The van der Waals surface area contributed by atoms with Crippen LogP contribution in [0.1, 0.15) is 20.3 Å². The Hall–Kier alpha value is -0.780. The van der Waals surface area contributed by atoms with Crippen LogP contribution in [-0.4, -0.2) is 0 Å². The van der Waals surface area contributed by atoms with Gasteiger partial charge in [-0.25, -0.2) is 0 Å². The van der Waals surface area contributed by atoms with E-state index in [1.165, 1.54) is 0 Å². The van der Waals surface area contributed by atoms with Gasteiger partial charge in [0.05, 0.1) is 0 Å². The van der Waals surface area contributed by atoms with Gasteiger partial charge in [0.25, 0.3) is 0 Å². The Morgan fingerprint density at radius 2 is 2.11 bits per heavy atom. The summed E-state index contributed by atoms with van der Waals surface area (Å²) in [5.41, 5.74) is 1.09. The zero-order valence-electron chi connectivity index (χ0n) is 6.22. The average Bonchev–Trinajstić information content (AvgIpc) is 1.80. The largest absolute Gasteiger partial charge is 0.0961 e. The molecule has 50 valence electrons. The van der Waals surface area contributed by atoms with Crippen molar-refractivity contribution < 1.29 is 0 Å². The molecule has 0 unspecified atom stereocenters. The fourth-order valence-corrected chi connectivity index (χ4v) is 0.434. The Morgan fingerprint density at radius 1 is 1.44 bits per heavy atom. The first-order valence-corrected chi connectivity index (χ1v) is 3.26.